The minimum atomic E-state index is 0.257. The molecular weight excluding hydrogens is 182 g/mol. The Balaban J connectivity index is 2.07. The highest BCUT2D eigenvalue weighted by molar-refractivity contribution is 7.99. The highest BCUT2D eigenvalue weighted by Crippen LogP contribution is 2.25. The van der Waals surface area contributed by atoms with Crippen LogP contribution in [-0.4, -0.2) is 30.8 Å². The van der Waals surface area contributed by atoms with E-state index in [1.54, 1.807) is 0 Å². The van der Waals surface area contributed by atoms with Crippen molar-refractivity contribution in [1.82, 2.24) is 0 Å². The van der Waals surface area contributed by atoms with Gasteiger partial charge in [-0.3, -0.25) is 0 Å². The van der Waals surface area contributed by atoms with E-state index in [1.807, 2.05) is 6.92 Å². The maximum Gasteiger partial charge on any atom is 0.0617 e. The summed E-state index contributed by atoms with van der Waals surface area (Å²) in [5.41, 5.74) is 5.96. The fourth-order valence-electron chi connectivity index (χ4n) is 1.75. The van der Waals surface area contributed by atoms with Crippen LogP contribution < -0.4 is 5.73 Å². The number of thioether (sulfide) groups is 1. The zero-order chi connectivity index (χ0) is 9.52. The molecular formula is C10H21NOS. The SMILES string of the molecule is CCOCC(N)CC1CCSCC1. The Morgan fingerprint density at radius 2 is 2.15 bits per heavy atom. The van der Waals surface area contributed by atoms with Crippen LogP contribution in [0.25, 0.3) is 0 Å². The molecule has 0 aromatic rings. The Hall–Kier alpha value is 0.270. The van der Waals surface area contributed by atoms with Gasteiger partial charge in [-0.15, -0.1) is 0 Å². The molecule has 0 spiro atoms. The molecule has 13 heavy (non-hydrogen) atoms. The molecule has 0 saturated carbocycles. The minimum absolute atomic E-state index is 0.257. The summed E-state index contributed by atoms with van der Waals surface area (Å²) in [5, 5.41) is 0. The molecule has 1 rings (SSSR count). The monoisotopic (exact) mass is 203 g/mol. The van der Waals surface area contributed by atoms with Crippen LogP contribution in [0.2, 0.25) is 0 Å². The van der Waals surface area contributed by atoms with E-state index >= 15 is 0 Å². The summed E-state index contributed by atoms with van der Waals surface area (Å²) in [7, 11) is 0. The molecule has 1 atom stereocenters. The van der Waals surface area contributed by atoms with E-state index in [0.29, 0.717) is 0 Å². The summed E-state index contributed by atoms with van der Waals surface area (Å²) in [6, 6.07) is 0.257. The Kier molecular flexibility index (Phi) is 5.83. The van der Waals surface area contributed by atoms with E-state index in [2.05, 4.69) is 11.8 Å². The van der Waals surface area contributed by atoms with E-state index in [-0.39, 0.29) is 6.04 Å². The Bertz CT molecular complexity index is 126. The normalized spacial score (nSPS) is 21.7. The van der Waals surface area contributed by atoms with E-state index in [9.17, 15) is 0 Å². The number of hydrogen-bond acceptors (Lipinski definition) is 3. The first-order chi connectivity index (χ1) is 6.33. The fourth-order valence-corrected chi connectivity index (χ4v) is 2.95. The molecule has 1 heterocycles. The standard InChI is InChI=1S/C10H21NOS/c1-2-12-8-10(11)7-9-3-5-13-6-4-9/h9-10H,2-8,11H2,1H3. The number of hydrogen-bond donors (Lipinski definition) is 1. The first-order valence-electron chi connectivity index (χ1n) is 5.24. The van der Waals surface area contributed by atoms with Gasteiger partial charge in [0.05, 0.1) is 6.61 Å². The lowest BCUT2D eigenvalue weighted by molar-refractivity contribution is 0.125. The van der Waals surface area contributed by atoms with Crippen molar-refractivity contribution in [1.29, 1.82) is 0 Å². The third-order valence-electron chi connectivity index (χ3n) is 2.51. The Morgan fingerprint density at radius 1 is 1.46 bits per heavy atom. The highest BCUT2D eigenvalue weighted by Gasteiger charge is 2.16. The molecule has 1 aliphatic rings. The quantitative estimate of drug-likeness (QED) is 0.741. The lowest BCUT2D eigenvalue weighted by Crippen LogP contribution is -2.30. The van der Waals surface area contributed by atoms with Crippen LogP contribution >= 0.6 is 11.8 Å². The van der Waals surface area contributed by atoms with Gasteiger partial charge in [0, 0.05) is 12.6 Å². The number of rotatable bonds is 5. The van der Waals surface area contributed by atoms with Gasteiger partial charge in [0.15, 0.2) is 0 Å². The second kappa shape index (κ2) is 6.68. The van der Waals surface area contributed by atoms with Crippen LogP contribution in [0.5, 0.6) is 0 Å². The maximum absolute atomic E-state index is 5.96. The van der Waals surface area contributed by atoms with Gasteiger partial charge in [-0.1, -0.05) is 0 Å². The van der Waals surface area contributed by atoms with E-state index in [0.717, 1.165) is 25.6 Å². The van der Waals surface area contributed by atoms with Crippen molar-refractivity contribution in [2.24, 2.45) is 11.7 Å². The largest absolute Gasteiger partial charge is 0.380 e. The topological polar surface area (TPSA) is 35.2 Å². The average molecular weight is 203 g/mol. The van der Waals surface area contributed by atoms with Gasteiger partial charge in [-0.25, -0.2) is 0 Å². The summed E-state index contributed by atoms with van der Waals surface area (Å²) >= 11 is 2.07. The highest BCUT2D eigenvalue weighted by atomic mass is 32.2. The zero-order valence-electron chi connectivity index (χ0n) is 8.50. The van der Waals surface area contributed by atoms with Crippen LogP contribution in [0.15, 0.2) is 0 Å². The van der Waals surface area contributed by atoms with Crippen molar-refractivity contribution in [2.45, 2.75) is 32.2 Å². The molecule has 1 saturated heterocycles. The van der Waals surface area contributed by atoms with Crippen molar-refractivity contribution in [3.8, 4) is 0 Å². The van der Waals surface area contributed by atoms with Gasteiger partial charge in [-0.2, -0.15) is 11.8 Å². The molecule has 0 bridgehead atoms. The fraction of sp³-hybridized carbons (Fsp3) is 1.00. The third kappa shape index (κ3) is 4.89. The lowest BCUT2D eigenvalue weighted by Gasteiger charge is -2.24. The predicted octanol–water partition coefficient (Wildman–Crippen LogP) is 1.88. The van der Waals surface area contributed by atoms with E-state index in [1.165, 1.54) is 24.3 Å². The van der Waals surface area contributed by atoms with E-state index in [4.69, 9.17) is 10.5 Å². The Labute approximate surface area is 85.6 Å². The van der Waals surface area contributed by atoms with Crippen molar-refractivity contribution in [3.63, 3.8) is 0 Å². The van der Waals surface area contributed by atoms with Gasteiger partial charge < -0.3 is 10.5 Å². The van der Waals surface area contributed by atoms with Crippen LogP contribution in [0.1, 0.15) is 26.2 Å². The second-order valence-electron chi connectivity index (χ2n) is 3.71. The molecule has 0 aromatic heterocycles. The molecule has 0 aromatic carbocycles. The lowest BCUT2D eigenvalue weighted by atomic mass is 9.95. The van der Waals surface area contributed by atoms with Gasteiger partial charge in [0.2, 0.25) is 0 Å². The minimum Gasteiger partial charge on any atom is -0.380 e. The number of nitrogens with two attached hydrogens (primary N) is 1. The van der Waals surface area contributed by atoms with Gasteiger partial charge in [0.25, 0.3) is 0 Å². The summed E-state index contributed by atoms with van der Waals surface area (Å²) in [6.45, 7) is 3.54. The maximum atomic E-state index is 5.96. The van der Waals surface area contributed by atoms with Crippen molar-refractivity contribution in [2.75, 3.05) is 24.7 Å². The van der Waals surface area contributed by atoms with Crippen molar-refractivity contribution >= 4 is 11.8 Å². The summed E-state index contributed by atoms with van der Waals surface area (Å²) in [4.78, 5) is 0. The summed E-state index contributed by atoms with van der Waals surface area (Å²) in [5.74, 6) is 3.51. The molecule has 2 nitrogen and oxygen atoms in total. The van der Waals surface area contributed by atoms with E-state index < -0.39 is 0 Å². The van der Waals surface area contributed by atoms with Gasteiger partial charge in [-0.05, 0) is 43.6 Å². The zero-order valence-corrected chi connectivity index (χ0v) is 9.31. The van der Waals surface area contributed by atoms with Crippen LogP contribution in [-0.2, 0) is 4.74 Å². The molecule has 1 unspecified atom stereocenters. The summed E-state index contributed by atoms with van der Waals surface area (Å²) < 4.78 is 5.31. The van der Waals surface area contributed by atoms with Crippen molar-refractivity contribution < 1.29 is 4.74 Å². The van der Waals surface area contributed by atoms with Gasteiger partial charge in [0.1, 0.15) is 0 Å². The van der Waals surface area contributed by atoms with Gasteiger partial charge >= 0.3 is 0 Å². The molecule has 0 amide bonds. The molecule has 1 aliphatic heterocycles. The first kappa shape index (κ1) is 11.3. The molecule has 2 N–H and O–H groups in total. The smallest absolute Gasteiger partial charge is 0.0617 e. The third-order valence-corrected chi connectivity index (χ3v) is 3.56. The number of ether oxygens (including phenoxy) is 1. The molecule has 78 valence electrons. The van der Waals surface area contributed by atoms with Crippen molar-refractivity contribution in [3.05, 3.63) is 0 Å². The predicted molar refractivity (Wildman–Crippen MR) is 59.1 cm³/mol. The molecule has 0 aliphatic carbocycles. The molecule has 0 radical (unpaired) electrons. The summed E-state index contributed by atoms with van der Waals surface area (Å²) in [6.07, 6.45) is 3.86. The first-order valence-corrected chi connectivity index (χ1v) is 6.39. The molecule has 3 heteroatoms. The molecule has 1 fully saturated rings. The van der Waals surface area contributed by atoms with Crippen LogP contribution in [0, 0.1) is 5.92 Å². The van der Waals surface area contributed by atoms with Crippen LogP contribution in [0.3, 0.4) is 0 Å². The average Bonchev–Trinajstić information content (AvgIpc) is 2.16. The second-order valence-corrected chi connectivity index (χ2v) is 4.94. The Morgan fingerprint density at radius 3 is 2.77 bits per heavy atom. The van der Waals surface area contributed by atoms with Crippen LogP contribution in [0.4, 0.5) is 0 Å².